The van der Waals surface area contributed by atoms with Gasteiger partial charge in [0.2, 0.25) is 5.91 Å². The molecule has 1 aromatic carbocycles. The smallest absolute Gasteiger partial charge is 0.341 e. The summed E-state index contributed by atoms with van der Waals surface area (Å²) < 4.78 is 6.20. The predicted molar refractivity (Wildman–Crippen MR) is 124 cm³/mol. The molecular weight excluding hydrogens is 430 g/mol. The molecule has 3 aromatic rings. The SMILES string of the molecule is COC(=O)c1c(NC(=O)CN2CCC[C@H]2c2nc3ccccc3s2)sc2c1CCCC2. The van der Waals surface area contributed by atoms with Gasteiger partial charge >= 0.3 is 5.97 Å². The summed E-state index contributed by atoms with van der Waals surface area (Å²) in [5.41, 5.74) is 2.64. The number of hydrogen-bond acceptors (Lipinski definition) is 7. The number of carbonyl (C=O) groups excluding carboxylic acids is 2. The second kappa shape index (κ2) is 8.68. The molecule has 0 spiro atoms. The van der Waals surface area contributed by atoms with Crippen molar-refractivity contribution in [2.45, 2.75) is 44.6 Å². The third-order valence-corrected chi connectivity index (χ3v) is 8.46. The molecule has 2 aliphatic rings. The molecule has 1 N–H and O–H groups in total. The van der Waals surface area contributed by atoms with Gasteiger partial charge in [0.05, 0.1) is 35.5 Å². The van der Waals surface area contributed by atoms with Gasteiger partial charge in [-0.3, -0.25) is 9.69 Å². The molecular formula is C23H25N3O3S2. The highest BCUT2D eigenvalue weighted by Crippen LogP contribution is 2.39. The Balaban J connectivity index is 1.33. The van der Waals surface area contributed by atoms with E-state index < -0.39 is 0 Å². The number of anilines is 1. The molecule has 1 amide bonds. The molecule has 0 saturated carbocycles. The average molecular weight is 456 g/mol. The number of aryl methyl sites for hydroxylation is 1. The number of fused-ring (bicyclic) bond motifs is 2. The molecule has 3 heterocycles. The number of benzene rings is 1. The predicted octanol–water partition coefficient (Wildman–Crippen LogP) is 4.80. The summed E-state index contributed by atoms with van der Waals surface area (Å²) in [7, 11) is 1.40. The maximum atomic E-state index is 13.0. The molecule has 162 valence electrons. The highest BCUT2D eigenvalue weighted by molar-refractivity contribution is 7.18. The van der Waals surface area contributed by atoms with Crippen molar-refractivity contribution in [3.05, 3.63) is 45.3 Å². The van der Waals surface area contributed by atoms with Crippen LogP contribution in [0.1, 0.15) is 57.5 Å². The number of amides is 1. The molecule has 1 fully saturated rings. The van der Waals surface area contributed by atoms with E-state index >= 15 is 0 Å². The fourth-order valence-electron chi connectivity index (χ4n) is 4.65. The fraction of sp³-hybridized carbons (Fsp3) is 0.435. The lowest BCUT2D eigenvalue weighted by molar-refractivity contribution is -0.117. The molecule has 31 heavy (non-hydrogen) atoms. The van der Waals surface area contributed by atoms with Crippen LogP contribution >= 0.6 is 22.7 Å². The number of likely N-dealkylation sites (tertiary alicyclic amines) is 1. The summed E-state index contributed by atoms with van der Waals surface area (Å²) >= 11 is 3.24. The van der Waals surface area contributed by atoms with Crippen LogP contribution in [0.15, 0.2) is 24.3 Å². The van der Waals surface area contributed by atoms with Crippen molar-refractivity contribution in [3.8, 4) is 0 Å². The van der Waals surface area contributed by atoms with Gasteiger partial charge in [0, 0.05) is 4.88 Å². The first-order valence-electron chi connectivity index (χ1n) is 10.8. The molecule has 8 heteroatoms. The van der Waals surface area contributed by atoms with Crippen molar-refractivity contribution in [3.63, 3.8) is 0 Å². The van der Waals surface area contributed by atoms with Crippen LogP contribution in [0.2, 0.25) is 0 Å². The highest BCUT2D eigenvalue weighted by Gasteiger charge is 2.31. The fourth-order valence-corrected chi connectivity index (χ4v) is 7.08. The first-order valence-corrected chi connectivity index (χ1v) is 12.4. The van der Waals surface area contributed by atoms with Crippen LogP contribution in [-0.2, 0) is 22.4 Å². The molecule has 1 saturated heterocycles. The standard InChI is InChI=1S/C23H25N3O3S2/c1-29-23(28)20-14-7-2-4-10-17(14)30-22(20)25-19(27)13-26-12-6-9-16(26)21-24-15-8-3-5-11-18(15)31-21/h3,5,8,11,16H,2,4,6-7,9-10,12-13H2,1H3,(H,25,27)/t16-/m0/s1. The number of nitrogens with zero attached hydrogens (tertiary/aromatic N) is 2. The van der Waals surface area contributed by atoms with Gasteiger partial charge in [-0.05, 0) is 62.8 Å². The van der Waals surface area contributed by atoms with Crippen LogP contribution in [0.3, 0.4) is 0 Å². The maximum Gasteiger partial charge on any atom is 0.341 e. The summed E-state index contributed by atoms with van der Waals surface area (Å²) in [6, 6.07) is 8.33. The molecule has 1 atom stereocenters. The Kier molecular flexibility index (Phi) is 5.77. The summed E-state index contributed by atoms with van der Waals surface area (Å²) in [5, 5.41) is 4.74. The number of nitrogens with one attached hydrogen (secondary N) is 1. The zero-order valence-corrected chi connectivity index (χ0v) is 19.1. The Bertz CT molecular complexity index is 1100. The van der Waals surface area contributed by atoms with E-state index in [0.29, 0.717) is 17.1 Å². The Morgan fingerprint density at radius 2 is 2.03 bits per heavy atom. The Morgan fingerprint density at radius 3 is 2.87 bits per heavy atom. The van der Waals surface area contributed by atoms with Crippen LogP contribution in [0.4, 0.5) is 5.00 Å². The van der Waals surface area contributed by atoms with Gasteiger partial charge in [-0.2, -0.15) is 0 Å². The third-order valence-electron chi connectivity index (χ3n) is 6.12. The van der Waals surface area contributed by atoms with Gasteiger partial charge in [-0.25, -0.2) is 9.78 Å². The van der Waals surface area contributed by atoms with Crippen LogP contribution in [0, 0.1) is 0 Å². The maximum absolute atomic E-state index is 13.0. The average Bonchev–Trinajstić information content (AvgIpc) is 3.48. The van der Waals surface area contributed by atoms with E-state index in [2.05, 4.69) is 16.3 Å². The molecule has 0 bridgehead atoms. The van der Waals surface area contributed by atoms with Crippen LogP contribution in [-0.4, -0.2) is 42.0 Å². The molecule has 5 rings (SSSR count). The molecule has 1 aliphatic heterocycles. The first-order chi connectivity index (χ1) is 15.1. The number of para-hydroxylation sites is 1. The summed E-state index contributed by atoms with van der Waals surface area (Å²) in [6.07, 6.45) is 6.09. The topological polar surface area (TPSA) is 71.5 Å². The zero-order valence-electron chi connectivity index (χ0n) is 17.5. The van der Waals surface area contributed by atoms with E-state index in [9.17, 15) is 9.59 Å². The molecule has 0 unspecified atom stereocenters. The third kappa shape index (κ3) is 4.00. The van der Waals surface area contributed by atoms with Gasteiger partial charge in [-0.15, -0.1) is 22.7 Å². The lowest BCUT2D eigenvalue weighted by Gasteiger charge is -2.22. The minimum atomic E-state index is -0.358. The lowest BCUT2D eigenvalue weighted by atomic mass is 9.95. The van der Waals surface area contributed by atoms with Gasteiger partial charge in [-0.1, -0.05) is 12.1 Å². The minimum absolute atomic E-state index is 0.0863. The van der Waals surface area contributed by atoms with Crippen LogP contribution < -0.4 is 5.32 Å². The quantitative estimate of drug-likeness (QED) is 0.560. The monoisotopic (exact) mass is 455 g/mol. The molecule has 0 radical (unpaired) electrons. The van der Waals surface area contributed by atoms with Crippen molar-refractivity contribution in [2.75, 3.05) is 25.5 Å². The molecule has 1 aliphatic carbocycles. The first kappa shape index (κ1) is 20.6. The lowest BCUT2D eigenvalue weighted by Crippen LogP contribution is -2.33. The molecule has 2 aromatic heterocycles. The van der Waals surface area contributed by atoms with Gasteiger partial charge in [0.25, 0.3) is 0 Å². The summed E-state index contributed by atoms with van der Waals surface area (Å²) in [6.45, 7) is 1.17. The van der Waals surface area contributed by atoms with Crippen LogP contribution in [0.25, 0.3) is 10.2 Å². The molecule has 6 nitrogen and oxygen atoms in total. The minimum Gasteiger partial charge on any atom is -0.465 e. The van der Waals surface area contributed by atoms with E-state index in [-0.39, 0.29) is 17.9 Å². The number of thiophene rings is 1. The second-order valence-electron chi connectivity index (χ2n) is 8.10. The number of aromatic nitrogens is 1. The second-order valence-corrected chi connectivity index (χ2v) is 10.3. The number of rotatable bonds is 5. The number of ether oxygens (including phenoxy) is 1. The summed E-state index contributed by atoms with van der Waals surface area (Å²) in [5.74, 6) is -0.444. The van der Waals surface area contributed by atoms with Crippen molar-refractivity contribution in [2.24, 2.45) is 0 Å². The van der Waals surface area contributed by atoms with E-state index in [1.807, 2.05) is 18.2 Å². The van der Waals surface area contributed by atoms with Crippen molar-refractivity contribution < 1.29 is 14.3 Å². The van der Waals surface area contributed by atoms with Gasteiger partial charge in [0.1, 0.15) is 10.0 Å². The number of thiazole rings is 1. The summed E-state index contributed by atoms with van der Waals surface area (Å²) in [4.78, 5) is 33.6. The number of carbonyl (C=O) groups is 2. The Hall–Kier alpha value is -2.29. The van der Waals surface area contributed by atoms with Crippen molar-refractivity contribution in [1.82, 2.24) is 9.88 Å². The highest BCUT2D eigenvalue weighted by atomic mass is 32.1. The Morgan fingerprint density at radius 1 is 1.19 bits per heavy atom. The normalized spacial score (nSPS) is 18.8. The van der Waals surface area contributed by atoms with Gasteiger partial charge < -0.3 is 10.1 Å². The van der Waals surface area contributed by atoms with Crippen LogP contribution in [0.5, 0.6) is 0 Å². The van der Waals surface area contributed by atoms with E-state index in [1.54, 1.807) is 11.3 Å². The van der Waals surface area contributed by atoms with Crippen molar-refractivity contribution >= 4 is 49.8 Å². The van der Waals surface area contributed by atoms with Crippen molar-refractivity contribution in [1.29, 1.82) is 0 Å². The van der Waals surface area contributed by atoms with Gasteiger partial charge in [0.15, 0.2) is 0 Å². The Labute approximate surface area is 189 Å². The number of hydrogen-bond donors (Lipinski definition) is 1. The van der Waals surface area contributed by atoms with E-state index in [1.165, 1.54) is 28.0 Å². The van der Waals surface area contributed by atoms with E-state index in [4.69, 9.17) is 9.72 Å². The number of methoxy groups -OCH3 is 1. The number of esters is 1. The van der Waals surface area contributed by atoms with E-state index in [0.717, 1.165) is 61.2 Å². The zero-order chi connectivity index (χ0) is 21.4. The largest absolute Gasteiger partial charge is 0.465 e.